The van der Waals surface area contributed by atoms with E-state index < -0.39 is 0 Å². The number of carbonyl (C=O) groups is 2. The molecule has 1 aromatic carbocycles. The summed E-state index contributed by atoms with van der Waals surface area (Å²) in [5.41, 5.74) is 2.68. The lowest BCUT2D eigenvalue weighted by atomic mass is 10.2. The van der Waals surface area contributed by atoms with Gasteiger partial charge in [0.15, 0.2) is 0 Å². The summed E-state index contributed by atoms with van der Waals surface area (Å²) in [7, 11) is 3.25. The van der Waals surface area contributed by atoms with Crippen LogP contribution < -0.4 is 0 Å². The van der Waals surface area contributed by atoms with E-state index in [1.165, 1.54) is 7.11 Å². The van der Waals surface area contributed by atoms with Crippen molar-refractivity contribution in [2.24, 2.45) is 7.05 Å². The summed E-state index contributed by atoms with van der Waals surface area (Å²) in [6.45, 7) is 6.00. The van der Waals surface area contributed by atoms with E-state index in [0.29, 0.717) is 25.7 Å². The Balaban J connectivity index is 0.00000109. The number of ether oxygens (including phenoxy) is 1. The molecule has 132 valence electrons. The highest BCUT2D eigenvalue weighted by Gasteiger charge is 2.18. The maximum Gasteiger partial charge on any atom is 0.305 e. The molecular weight excluding hydrogens is 318 g/mol. The minimum Gasteiger partial charge on any atom is -0.469 e. The van der Waals surface area contributed by atoms with Crippen LogP contribution in [0.25, 0.3) is 21.9 Å². The molecule has 6 heteroatoms. The molecule has 0 unspecified atom stereocenters. The lowest BCUT2D eigenvalue weighted by molar-refractivity contribution is -0.140. The minimum atomic E-state index is -0.237. The van der Waals surface area contributed by atoms with Gasteiger partial charge in [-0.05, 0) is 18.9 Å². The largest absolute Gasteiger partial charge is 0.469 e. The van der Waals surface area contributed by atoms with Gasteiger partial charge in [-0.3, -0.25) is 18.8 Å². The predicted molar refractivity (Wildman–Crippen MR) is 98.6 cm³/mol. The van der Waals surface area contributed by atoms with Gasteiger partial charge in [0, 0.05) is 25.3 Å². The van der Waals surface area contributed by atoms with Crippen molar-refractivity contribution in [2.45, 2.75) is 25.7 Å². The first-order valence-corrected chi connectivity index (χ1v) is 8.14. The van der Waals surface area contributed by atoms with Crippen LogP contribution in [0.4, 0.5) is 0 Å². The highest BCUT2D eigenvalue weighted by atomic mass is 16.5. The van der Waals surface area contributed by atoms with Crippen LogP contribution in [0.15, 0.2) is 43.6 Å². The van der Waals surface area contributed by atoms with E-state index >= 15 is 0 Å². The van der Waals surface area contributed by atoms with Gasteiger partial charge in [0.2, 0.25) is 5.91 Å². The summed E-state index contributed by atoms with van der Waals surface area (Å²) < 4.78 is 8.13. The van der Waals surface area contributed by atoms with Gasteiger partial charge in [0.05, 0.1) is 29.9 Å². The standard InChI is InChI=1S/C17H19N3O3.C2H4/c1-19-17-12-7-3-4-8-13(12)20(14(17)11-18-19)15(21)9-5-6-10-16(22)23-2;1-2/h3-4,7-8,11H,5-6,9-10H2,1-2H3;1-2H2. The fraction of sp³-hybridized carbons (Fsp3) is 0.316. The molecule has 0 amide bonds. The summed E-state index contributed by atoms with van der Waals surface area (Å²) in [5, 5.41) is 5.28. The molecule has 0 atom stereocenters. The van der Waals surface area contributed by atoms with E-state index in [9.17, 15) is 9.59 Å². The zero-order chi connectivity index (χ0) is 18.4. The lowest BCUT2D eigenvalue weighted by Gasteiger charge is -2.05. The zero-order valence-corrected chi connectivity index (χ0v) is 14.7. The Morgan fingerprint density at radius 3 is 2.52 bits per heavy atom. The van der Waals surface area contributed by atoms with E-state index in [0.717, 1.165) is 21.9 Å². The second kappa shape index (κ2) is 8.28. The van der Waals surface area contributed by atoms with Crippen molar-refractivity contribution in [2.75, 3.05) is 7.11 Å². The number of hydrogen-bond acceptors (Lipinski definition) is 4. The Bertz CT molecular complexity index is 892. The number of methoxy groups -OCH3 is 1. The summed E-state index contributed by atoms with van der Waals surface area (Å²) in [4.78, 5) is 23.8. The second-order valence-corrected chi connectivity index (χ2v) is 5.53. The third-order valence-electron chi connectivity index (χ3n) is 4.06. The molecule has 0 spiro atoms. The number of carbonyl (C=O) groups excluding carboxylic acids is 2. The highest BCUT2D eigenvalue weighted by molar-refractivity contribution is 6.11. The van der Waals surface area contributed by atoms with Crippen LogP contribution in [0.1, 0.15) is 30.5 Å². The molecule has 2 heterocycles. The van der Waals surface area contributed by atoms with E-state index in [4.69, 9.17) is 0 Å². The molecule has 3 aromatic rings. The fourth-order valence-corrected chi connectivity index (χ4v) is 2.93. The first-order valence-electron chi connectivity index (χ1n) is 8.14. The molecule has 2 aromatic heterocycles. The summed E-state index contributed by atoms with van der Waals surface area (Å²) in [6, 6.07) is 7.83. The van der Waals surface area contributed by atoms with Gasteiger partial charge < -0.3 is 4.74 Å². The molecule has 3 rings (SSSR count). The van der Waals surface area contributed by atoms with Crippen LogP contribution in [-0.4, -0.2) is 33.3 Å². The molecule has 0 aliphatic carbocycles. The highest BCUT2D eigenvalue weighted by Crippen LogP contribution is 2.28. The van der Waals surface area contributed by atoms with Crippen molar-refractivity contribution in [1.29, 1.82) is 0 Å². The number of esters is 1. The average Bonchev–Trinajstić information content (AvgIpc) is 3.18. The van der Waals surface area contributed by atoms with Gasteiger partial charge in [-0.2, -0.15) is 5.10 Å². The van der Waals surface area contributed by atoms with Gasteiger partial charge in [-0.15, -0.1) is 13.2 Å². The Hall–Kier alpha value is -2.89. The van der Waals surface area contributed by atoms with E-state index in [2.05, 4.69) is 23.0 Å². The Labute approximate surface area is 146 Å². The van der Waals surface area contributed by atoms with Crippen LogP contribution in [0.3, 0.4) is 0 Å². The average molecular weight is 341 g/mol. The summed E-state index contributed by atoms with van der Waals surface area (Å²) in [5.74, 6) is -0.215. The van der Waals surface area contributed by atoms with Gasteiger partial charge in [0.1, 0.15) is 0 Å². The van der Waals surface area contributed by atoms with Crippen LogP contribution in [0, 0.1) is 0 Å². The number of rotatable bonds is 5. The van der Waals surface area contributed by atoms with Crippen LogP contribution in [0.5, 0.6) is 0 Å². The van der Waals surface area contributed by atoms with Crippen molar-refractivity contribution in [1.82, 2.24) is 14.3 Å². The van der Waals surface area contributed by atoms with Crippen molar-refractivity contribution in [3.63, 3.8) is 0 Å². The Morgan fingerprint density at radius 1 is 1.12 bits per heavy atom. The van der Waals surface area contributed by atoms with Crippen molar-refractivity contribution in [3.8, 4) is 0 Å². The van der Waals surface area contributed by atoms with E-state index in [-0.39, 0.29) is 11.9 Å². The summed E-state index contributed by atoms with van der Waals surface area (Å²) in [6.07, 6.45) is 3.76. The van der Waals surface area contributed by atoms with Crippen molar-refractivity contribution in [3.05, 3.63) is 43.6 Å². The van der Waals surface area contributed by atoms with Crippen molar-refractivity contribution >= 4 is 33.8 Å². The van der Waals surface area contributed by atoms with Crippen LogP contribution in [-0.2, 0) is 16.6 Å². The fourth-order valence-electron chi connectivity index (χ4n) is 2.93. The molecule has 0 fully saturated rings. The third-order valence-corrected chi connectivity index (χ3v) is 4.06. The normalized spacial score (nSPS) is 10.5. The zero-order valence-electron chi connectivity index (χ0n) is 14.7. The van der Waals surface area contributed by atoms with E-state index in [1.807, 2.05) is 31.3 Å². The summed E-state index contributed by atoms with van der Waals surface area (Å²) >= 11 is 0. The molecule has 0 aliphatic heterocycles. The molecular formula is C19H23N3O3. The minimum absolute atomic E-state index is 0.0223. The molecule has 0 saturated heterocycles. The maximum atomic E-state index is 12.7. The van der Waals surface area contributed by atoms with Crippen LogP contribution in [0.2, 0.25) is 0 Å². The van der Waals surface area contributed by atoms with Gasteiger partial charge in [-0.25, -0.2) is 0 Å². The van der Waals surface area contributed by atoms with Gasteiger partial charge in [0.25, 0.3) is 0 Å². The predicted octanol–water partition coefficient (Wildman–Crippen LogP) is 3.70. The number of aromatic nitrogens is 3. The van der Waals surface area contributed by atoms with Crippen molar-refractivity contribution < 1.29 is 14.3 Å². The molecule has 6 nitrogen and oxygen atoms in total. The van der Waals surface area contributed by atoms with E-state index in [1.54, 1.807) is 15.4 Å². The van der Waals surface area contributed by atoms with Gasteiger partial charge in [-0.1, -0.05) is 18.2 Å². The number of hydrogen-bond donors (Lipinski definition) is 0. The molecule has 25 heavy (non-hydrogen) atoms. The smallest absolute Gasteiger partial charge is 0.305 e. The topological polar surface area (TPSA) is 66.1 Å². The Morgan fingerprint density at radius 2 is 1.80 bits per heavy atom. The SMILES string of the molecule is C=C.COC(=O)CCCCC(=O)n1c2ccccc2c2c1cnn2C. The van der Waals surface area contributed by atoms with Crippen LogP contribution >= 0.6 is 0 Å². The molecule has 0 bridgehead atoms. The quantitative estimate of drug-likeness (QED) is 0.403. The molecule has 0 aliphatic rings. The second-order valence-electron chi connectivity index (χ2n) is 5.53. The molecule has 0 radical (unpaired) electrons. The first kappa shape index (κ1) is 18.4. The number of aryl methyl sites for hydroxylation is 1. The maximum absolute atomic E-state index is 12.7. The number of nitrogens with zero attached hydrogens (tertiary/aromatic N) is 3. The van der Waals surface area contributed by atoms with Gasteiger partial charge >= 0.3 is 5.97 Å². The number of fused-ring (bicyclic) bond motifs is 3. The monoisotopic (exact) mass is 341 g/mol. The Kier molecular flexibility index (Phi) is 6.11. The molecule has 0 N–H and O–H groups in total. The first-order chi connectivity index (χ1) is 12.1. The number of benzene rings is 1. The number of para-hydroxylation sites is 1. The number of unbranched alkanes of at least 4 members (excludes halogenated alkanes) is 1. The third kappa shape index (κ3) is 3.63. The lowest BCUT2D eigenvalue weighted by Crippen LogP contribution is -2.10. The molecule has 0 saturated carbocycles.